The molecule has 3 N–H and O–H groups in total. The SMILES string of the molecule is COCC(CNS(=O)(=O)c1ccc(CCN)cc1)OC. The Hall–Kier alpha value is -0.990. The monoisotopic (exact) mass is 302 g/mol. The van der Waals surface area contributed by atoms with Crippen LogP contribution in [0.25, 0.3) is 0 Å². The third-order valence-corrected chi connectivity index (χ3v) is 4.29. The topological polar surface area (TPSA) is 90.7 Å². The Morgan fingerprint density at radius 1 is 1.25 bits per heavy atom. The Bertz CT molecular complexity index is 488. The van der Waals surface area contributed by atoms with Crippen molar-refractivity contribution >= 4 is 10.0 Å². The summed E-state index contributed by atoms with van der Waals surface area (Å²) >= 11 is 0. The first-order chi connectivity index (χ1) is 9.53. The predicted molar refractivity (Wildman–Crippen MR) is 77.1 cm³/mol. The molecule has 0 aliphatic heterocycles. The maximum absolute atomic E-state index is 12.1. The number of hydrogen-bond donors (Lipinski definition) is 2. The highest BCUT2D eigenvalue weighted by atomic mass is 32.2. The van der Waals surface area contributed by atoms with Crippen LogP contribution in [0.1, 0.15) is 5.56 Å². The second kappa shape index (κ2) is 8.33. The normalized spacial score (nSPS) is 13.3. The number of sulfonamides is 1. The lowest BCUT2D eigenvalue weighted by molar-refractivity contribution is 0.0320. The van der Waals surface area contributed by atoms with E-state index in [1.807, 2.05) is 0 Å². The molecule has 1 rings (SSSR count). The molecule has 6 nitrogen and oxygen atoms in total. The molecule has 0 heterocycles. The number of benzene rings is 1. The van der Waals surface area contributed by atoms with Gasteiger partial charge in [0, 0.05) is 20.8 Å². The van der Waals surface area contributed by atoms with Crippen molar-refractivity contribution in [2.75, 3.05) is 33.9 Å². The fourth-order valence-electron chi connectivity index (χ4n) is 1.68. The van der Waals surface area contributed by atoms with E-state index >= 15 is 0 Å². The lowest BCUT2D eigenvalue weighted by Gasteiger charge is -2.15. The molecule has 0 fully saturated rings. The zero-order valence-electron chi connectivity index (χ0n) is 11.8. The van der Waals surface area contributed by atoms with E-state index in [2.05, 4.69) is 4.72 Å². The lowest BCUT2D eigenvalue weighted by Crippen LogP contribution is -2.35. The smallest absolute Gasteiger partial charge is 0.240 e. The first-order valence-electron chi connectivity index (χ1n) is 6.34. The molecule has 1 aromatic carbocycles. The Balaban J connectivity index is 2.68. The third kappa shape index (κ3) is 5.18. The average molecular weight is 302 g/mol. The minimum absolute atomic E-state index is 0.164. The number of nitrogens with two attached hydrogens (primary N) is 1. The van der Waals surface area contributed by atoms with Crippen LogP contribution in [0.15, 0.2) is 29.2 Å². The predicted octanol–water partition coefficient (Wildman–Crippen LogP) is 0.128. The maximum Gasteiger partial charge on any atom is 0.240 e. The van der Waals surface area contributed by atoms with Crippen molar-refractivity contribution in [3.8, 4) is 0 Å². The van der Waals surface area contributed by atoms with Gasteiger partial charge in [-0.15, -0.1) is 0 Å². The van der Waals surface area contributed by atoms with E-state index in [-0.39, 0.29) is 17.5 Å². The Labute approximate surface area is 120 Å². The van der Waals surface area contributed by atoms with Crippen LogP contribution >= 0.6 is 0 Å². The molecule has 0 spiro atoms. The Morgan fingerprint density at radius 3 is 2.40 bits per heavy atom. The van der Waals surface area contributed by atoms with Gasteiger partial charge in [-0.25, -0.2) is 13.1 Å². The van der Waals surface area contributed by atoms with Gasteiger partial charge in [0.2, 0.25) is 10.0 Å². The first kappa shape index (κ1) is 17.1. The number of rotatable bonds is 9. The maximum atomic E-state index is 12.1. The molecule has 0 amide bonds. The Morgan fingerprint density at radius 2 is 1.90 bits per heavy atom. The van der Waals surface area contributed by atoms with Crippen LogP contribution in [0.3, 0.4) is 0 Å². The highest BCUT2D eigenvalue weighted by Gasteiger charge is 2.16. The summed E-state index contributed by atoms with van der Waals surface area (Å²) in [7, 11) is -0.480. The second-order valence-corrected chi connectivity index (χ2v) is 6.11. The van der Waals surface area contributed by atoms with Crippen molar-refractivity contribution in [1.29, 1.82) is 0 Å². The van der Waals surface area contributed by atoms with E-state index in [0.717, 1.165) is 12.0 Å². The van der Waals surface area contributed by atoms with Crippen LogP contribution in [-0.4, -0.2) is 48.4 Å². The van der Waals surface area contributed by atoms with E-state index in [1.165, 1.54) is 14.2 Å². The fraction of sp³-hybridized carbons (Fsp3) is 0.538. The second-order valence-electron chi connectivity index (χ2n) is 4.35. The van der Waals surface area contributed by atoms with Crippen LogP contribution in [0.2, 0.25) is 0 Å². The van der Waals surface area contributed by atoms with Crippen molar-refractivity contribution in [1.82, 2.24) is 4.72 Å². The summed E-state index contributed by atoms with van der Waals surface area (Å²) in [5, 5.41) is 0. The van der Waals surface area contributed by atoms with Crippen molar-refractivity contribution < 1.29 is 17.9 Å². The van der Waals surface area contributed by atoms with Gasteiger partial charge in [-0.1, -0.05) is 12.1 Å². The highest BCUT2D eigenvalue weighted by Crippen LogP contribution is 2.11. The minimum Gasteiger partial charge on any atom is -0.382 e. The number of hydrogen-bond acceptors (Lipinski definition) is 5. The number of methoxy groups -OCH3 is 2. The summed E-state index contributed by atoms with van der Waals surface area (Å²) in [6, 6.07) is 6.69. The standard InChI is InChI=1S/C13H22N2O4S/c1-18-10-12(19-2)9-15-20(16,17)13-5-3-11(4-6-13)7-8-14/h3-6,12,15H,7-10,14H2,1-2H3. The van der Waals surface area contributed by atoms with E-state index < -0.39 is 10.0 Å². The van der Waals surface area contributed by atoms with Crippen LogP contribution in [0.5, 0.6) is 0 Å². The van der Waals surface area contributed by atoms with Gasteiger partial charge in [-0.2, -0.15) is 0 Å². The molecule has 0 aromatic heterocycles. The number of nitrogens with one attached hydrogen (secondary N) is 1. The van der Waals surface area contributed by atoms with Gasteiger partial charge >= 0.3 is 0 Å². The van der Waals surface area contributed by atoms with Crippen LogP contribution < -0.4 is 10.5 Å². The van der Waals surface area contributed by atoms with Gasteiger partial charge in [-0.05, 0) is 30.7 Å². The van der Waals surface area contributed by atoms with Gasteiger partial charge in [0.05, 0.1) is 17.6 Å². The fourth-order valence-corrected chi connectivity index (χ4v) is 2.75. The molecule has 0 aliphatic rings. The van der Waals surface area contributed by atoms with Gasteiger partial charge in [0.1, 0.15) is 0 Å². The molecule has 0 saturated carbocycles. The Kier molecular flexibility index (Phi) is 7.11. The zero-order chi connectivity index (χ0) is 15.0. The van der Waals surface area contributed by atoms with Gasteiger partial charge < -0.3 is 15.2 Å². The molecule has 1 atom stereocenters. The molecule has 0 radical (unpaired) electrons. The van der Waals surface area contributed by atoms with E-state index in [4.69, 9.17) is 15.2 Å². The molecule has 1 aromatic rings. The molecule has 0 saturated heterocycles. The summed E-state index contributed by atoms with van der Waals surface area (Å²) in [6.07, 6.45) is 0.416. The van der Waals surface area contributed by atoms with Crippen LogP contribution in [0.4, 0.5) is 0 Å². The molecule has 114 valence electrons. The van der Waals surface area contributed by atoms with Gasteiger partial charge in [-0.3, -0.25) is 0 Å². The van der Waals surface area contributed by atoms with Crippen molar-refractivity contribution in [3.05, 3.63) is 29.8 Å². The molecule has 0 aliphatic carbocycles. The summed E-state index contributed by atoms with van der Waals surface area (Å²) in [5.41, 5.74) is 6.47. The van der Waals surface area contributed by atoms with E-state index in [1.54, 1.807) is 24.3 Å². The molecule has 20 heavy (non-hydrogen) atoms. The third-order valence-electron chi connectivity index (χ3n) is 2.85. The van der Waals surface area contributed by atoms with Crippen molar-refractivity contribution in [3.63, 3.8) is 0 Å². The van der Waals surface area contributed by atoms with Crippen LogP contribution in [0, 0.1) is 0 Å². The lowest BCUT2D eigenvalue weighted by atomic mass is 10.2. The summed E-state index contributed by atoms with van der Waals surface area (Å²) in [5.74, 6) is 0. The molecular formula is C13H22N2O4S. The van der Waals surface area contributed by atoms with Crippen molar-refractivity contribution in [2.24, 2.45) is 5.73 Å². The van der Waals surface area contributed by atoms with E-state index in [9.17, 15) is 8.42 Å². The molecule has 7 heteroatoms. The summed E-state index contributed by atoms with van der Waals surface area (Å²) < 4.78 is 36.7. The van der Waals surface area contributed by atoms with Crippen LogP contribution in [-0.2, 0) is 25.9 Å². The van der Waals surface area contributed by atoms with Gasteiger partial charge in [0.15, 0.2) is 0 Å². The summed E-state index contributed by atoms with van der Waals surface area (Å²) in [6.45, 7) is 1.03. The number of ether oxygens (including phenoxy) is 2. The molecular weight excluding hydrogens is 280 g/mol. The zero-order valence-corrected chi connectivity index (χ0v) is 12.7. The molecule has 1 unspecified atom stereocenters. The first-order valence-corrected chi connectivity index (χ1v) is 7.82. The van der Waals surface area contributed by atoms with Crippen molar-refractivity contribution in [2.45, 2.75) is 17.4 Å². The average Bonchev–Trinajstić information content (AvgIpc) is 2.44. The quantitative estimate of drug-likeness (QED) is 0.676. The summed E-state index contributed by atoms with van der Waals surface area (Å²) in [4.78, 5) is 0.227. The minimum atomic E-state index is -3.53. The van der Waals surface area contributed by atoms with Gasteiger partial charge in [0.25, 0.3) is 0 Å². The molecule has 0 bridgehead atoms. The highest BCUT2D eigenvalue weighted by molar-refractivity contribution is 7.89. The largest absolute Gasteiger partial charge is 0.382 e. The van der Waals surface area contributed by atoms with E-state index in [0.29, 0.717) is 13.2 Å².